The molecule has 2 aliphatic heterocycles. The SMILES string of the molecule is CNc1nc(N2CCCCCCC2)ccc1C(=N)CCCN1CCCC1CO. The van der Waals surface area contributed by atoms with Crippen molar-refractivity contribution in [2.75, 3.05) is 50.1 Å². The predicted octanol–water partition coefficient (Wildman–Crippen LogP) is 3.50. The van der Waals surface area contributed by atoms with Crippen molar-refractivity contribution in [2.45, 2.75) is 63.8 Å². The van der Waals surface area contributed by atoms with E-state index >= 15 is 0 Å². The molecular formula is C22H37N5O. The Labute approximate surface area is 169 Å². The normalized spacial score (nSPS) is 21.4. The van der Waals surface area contributed by atoms with Crippen LogP contribution in [0.4, 0.5) is 11.6 Å². The molecular weight excluding hydrogens is 350 g/mol. The molecule has 3 heterocycles. The summed E-state index contributed by atoms with van der Waals surface area (Å²) in [7, 11) is 1.90. The summed E-state index contributed by atoms with van der Waals surface area (Å²) in [5.74, 6) is 1.85. The Hall–Kier alpha value is -1.66. The van der Waals surface area contributed by atoms with Crippen LogP contribution in [0.25, 0.3) is 0 Å². The van der Waals surface area contributed by atoms with Crippen molar-refractivity contribution in [3.05, 3.63) is 17.7 Å². The fourth-order valence-electron chi connectivity index (χ4n) is 4.53. The number of anilines is 2. The van der Waals surface area contributed by atoms with Crippen molar-refractivity contribution in [1.82, 2.24) is 9.88 Å². The van der Waals surface area contributed by atoms with E-state index in [4.69, 9.17) is 10.4 Å². The van der Waals surface area contributed by atoms with Gasteiger partial charge in [0, 0.05) is 37.5 Å². The third kappa shape index (κ3) is 5.45. The summed E-state index contributed by atoms with van der Waals surface area (Å²) in [6.45, 7) is 4.45. The minimum atomic E-state index is 0.253. The van der Waals surface area contributed by atoms with Crippen LogP contribution in [0, 0.1) is 5.41 Å². The first-order valence-corrected chi connectivity index (χ1v) is 11.1. The van der Waals surface area contributed by atoms with Gasteiger partial charge in [-0.05, 0) is 63.7 Å². The zero-order valence-corrected chi connectivity index (χ0v) is 17.4. The lowest BCUT2D eigenvalue weighted by Crippen LogP contribution is -2.33. The monoisotopic (exact) mass is 387 g/mol. The molecule has 6 heteroatoms. The van der Waals surface area contributed by atoms with Crippen LogP contribution < -0.4 is 10.2 Å². The second kappa shape index (κ2) is 10.8. The van der Waals surface area contributed by atoms with Gasteiger partial charge in [0.2, 0.25) is 0 Å². The maximum atomic E-state index is 9.45. The molecule has 3 N–H and O–H groups in total. The van der Waals surface area contributed by atoms with E-state index in [2.05, 4.69) is 27.2 Å². The van der Waals surface area contributed by atoms with E-state index in [9.17, 15) is 5.11 Å². The highest BCUT2D eigenvalue weighted by molar-refractivity contribution is 6.02. The Morgan fingerprint density at radius 3 is 2.61 bits per heavy atom. The topological polar surface area (TPSA) is 75.5 Å². The van der Waals surface area contributed by atoms with E-state index in [1.165, 1.54) is 38.5 Å². The fraction of sp³-hybridized carbons (Fsp3) is 0.727. The third-order valence-corrected chi connectivity index (χ3v) is 6.20. The molecule has 1 aromatic heterocycles. The molecule has 0 spiro atoms. The number of nitrogens with one attached hydrogen (secondary N) is 2. The van der Waals surface area contributed by atoms with Crippen LogP contribution in [0.5, 0.6) is 0 Å². The second-order valence-electron chi connectivity index (χ2n) is 8.17. The highest BCUT2D eigenvalue weighted by Gasteiger charge is 2.23. The number of hydrogen-bond acceptors (Lipinski definition) is 6. The summed E-state index contributed by atoms with van der Waals surface area (Å²) >= 11 is 0. The highest BCUT2D eigenvalue weighted by atomic mass is 16.3. The number of aliphatic hydroxyl groups excluding tert-OH is 1. The number of likely N-dealkylation sites (tertiary alicyclic amines) is 1. The van der Waals surface area contributed by atoms with Crippen molar-refractivity contribution >= 4 is 17.3 Å². The quantitative estimate of drug-likeness (QED) is 0.595. The van der Waals surface area contributed by atoms with Gasteiger partial charge in [-0.25, -0.2) is 4.98 Å². The van der Waals surface area contributed by atoms with Gasteiger partial charge in [0.15, 0.2) is 0 Å². The maximum Gasteiger partial charge on any atom is 0.137 e. The molecule has 0 bridgehead atoms. The van der Waals surface area contributed by atoms with Crippen molar-refractivity contribution < 1.29 is 5.11 Å². The molecule has 0 amide bonds. The van der Waals surface area contributed by atoms with Gasteiger partial charge in [0.1, 0.15) is 11.6 Å². The van der Waals surface area contributed by atoms with Crippen LogP contribution >= 0.6 is 0 Å². The van der Waals surface area contributed by atoms with Crippen molar-refractivity contribution in [1.29, 1.82) is 5.41 Å². The van der Waals surface area contributed by atoms with E-state index in [1.54, 1.807) is 0 Å². The lowest BCUT2D eigenvalue weighted by atomic mass is 10.1. The van der Waals surface area contributed by atoms with Crippen LogP contribution in [-0.4, -0.2) is 66.6 Å². The number of hydrogen-bond donors (Lipinski definition) is 3. The van der Waals surface area contributed by atoms with Crippen molar-refractivity contribution in [3.8, 4) is 0 Å². The summed E-state index contributed by atoms with van der Waals surface area (Å²) in [4.78, 5) is 9.62. The van der Waals surface area contributed by atoms with Gasteiger partial charge in [-0.1, -0.05) is 19.3 Å². The number of rotatable bonds is 8. The number of nitrogens with zero attached hydrogens (tertiary/aromatic N) is 3. The molecule has 6 nitrogen and oxygen atoms in total. The summed E-state index contributed by atoms with van der Waals surface area (Å²) in [5, 5.41) is 21.2. The molecule has 0 radical (unpaired) electrons. The Kier molecular flexibility index (Phi) is 8.10. The van der Waals surface area contributed by atoms with Crippen LogP contribution in [0.2, 0.25) is 0 Å². The first-order valence-electron chi connectivity index (χ1n) is 11.1. The Balaban J connectivity index is 1.58. The van der Waals surface area contributed by atoms with Gasteiger partial charge in [-0.3, -0.25) is 4.90 Å². The van der Waals surface area contributed by atoms with Gasteiger partial charge in [0.25, 0.3) is 0 Å². The Morgan fingerprint density at radius 2 is 1.89 bits per heavy atom. The van der Waals surface area contributed by atoms with Gasteiger partial charge in [0.05, 0.1) is 6.61 Å². The molecule has 0 saturated carbocycles. The molecule has 1 unspecified atom stereocenters. The summed E-state index contributed by atoms with van der Waals surface area (Å²) in [5.41, 5.74) is 1.56. The van der Waals surface area contributed by atoms with Crippen LogP contribution in [0.15, 0.2) is 12.1 Å². The standard InChI is InChI=1S/C22H37N5O/c1-24-22-19(20(23)10-8-16-26-15-7-9-18(26)17-28)11-12-21(25-22)27-13-5-3-2-4-6-14-27/h11-12,18,23,28H,2-10,13-17H2,1H3,(H,24,25). The smallest absolute Gasteiger partial charge is 0.137 e. The largest absolute Gasteiger partial charge is 0.395 e. The van der Waals surface area contributed by atoms with Gasteiger partial charge >= 0.3 is 0 Å². The molecule has 2 fully saturated rings. The highest BCUT2D eigenvalue weighted by Crippen LogP contribution is 2.23. The first kappa shape index (κ1) is 21.1. The minimum absolute atomic E-state index is 0.253. The molecule has 0 aromatic carbocycles. The minimum Gasteiger partial charge on any atom is -0.395 e. The Bertz CT molecular complexity index is 627. The average molecular weight is 388 g/mol. The van der Waals surface area contributed by atoms with Crippen molar-refractivity contribution in [3.63, 3.8) is 0 Å². The first-order chi connectivity index (χ1) is 13.7. The maximum absolute atomic E-state index is 9.45. The van der Waals surface area contributed by atoms with E-state index in [-0.39, 0.29) is 6.61 Å². The molecule has 3 rings (SSSR count). The van der Waals surface area contributed by atoms with Crippen LogP contribution in [0.3, 0.4) is 0 Å². The molecule has 1 atom stereocenters. The number of aliphatic hydroxyl groups is 1. The molecule has 1 aromatic rings. The second-order valence-corrected chi connectivity index (χ2v) is 8.17. The zero-order valence-electron chi connectivity index (χ0n) is 17.4. The van der Waals surface area contributed by atoms with E-state index in [1.807, 2.05) is 7.05 Å². The van der Waals surface area contributed by atoms with E-state index in [0.29, 0.717) is 11.8 Å². The number of aromatic nitrogens is 1. The summed E-state index contributed by atoms with van der Waals surface area (Å²) in [6.07, 6.45) is 10.4. The molecule has 2 aliphatic rings. The van der Waals surface area contributed by atoms with Gasteiger partial charge < -0.3 is 20.7 Å². The molecule has 0 aliphatic carbocycles. The molecule has 28 heavy (non-hydrogen) atoms. The number of pyridine rings is 1. The van der Waals surface area contributed by atoms with Crippen LogP contribution in [-0.2, 0) is 0 Å². The average Bonchev–Trinajstić information content (AvgIpc) is 3.14. The lowest BCUT2D eigenvalue weighted by Gasteiger charge is -2.26. The molecule has 2 saturated heterocycles. The van der Waals surface area contributed by atoms with Gasteiger partial charge in [-0.2, -0.15) is 0 Å². The Morgan fingerprint density at radius 1 is 1.14 bits per heavy atom. The zero-order chi connectivity index (χ0) is 19.8. The summed E-state index contributed by atoms with van der Waals surface area (Å²) in [6, 6.07) is 4.48. The fourth-order valence-corrected chi connectivity index (χ4v) is 4.53. The lowest BCUT2D eigenvalue weighted by molar-refractivity contribution is 0.158. The van der Waals surface area contributed by atoms with E-state index in [0.717, 1.165) is 62.6 Å². The predicted molar refractivity (Wildman–Crippen MR) is 117 cm³/mol. The van der Waals surface area contributed by atoms with Gasteiger partial charge in [-0.15, -0.1) is 0 Å². The third-order valence-electron chi connectivity index (χ3n) is 6.20. The summed E-state index contributed by atoms with van der Waals surface area (Å²) < 4.78 is 0. The van der Waals surface area contributed by atoms with Crippen molar-refractivity contribution in [2.24, 2.45) is 0 Å². The molecule has 156 valence electrons. The van der Waals surface area contributed by atoms with Crippen LogP contribution in [0.1, 0.15) is 63.4 Å². The van der Waals surface area contributed by atoms with E-state index < -0.39 is 0 Å².